The van der Waals surface area contributed by atoms with Crippen molar-refractivity contribution in [2.24, 2.45) is 0 Å². The molecule has 0 amide bonds. The van der Waals surface area contributed by atoms with Gasteiger partial charge in [-0.1, -0.05) is 31.2 Å². The first-order valence-electron chi connectivity index (χ1n) is 9.87. The van der Waals surface area contributed by atoms with Crippen molar-refractivity contribution in [1.82, 2.24) is 14.8 Å². The van der Waals surface area contributed by atoms with Gasteiger partial charge in [-0.25, -0.2) is 14.2 Å². The van der Waals surface area contributed by atoms with Gasteiger partial charge in [-0.15, -0.1) is 0 Å². The van der Waals surface area contributed by atoms with E-state index in [4.69, 9.17) is 5.10 Å². The monoisotopic (exact) mass is 416 g/mol. The number of pyridine rings is 1. The third-order valence-corrected chi connectivity index (χ3v) is 5.00. The number of aryl methyl sites for hydroxylation is 2. The van der Waals surface area contributed by atoms with E-state index in [2.05, 4.69) is 29.4 Å². The minimum atomic E-state index is -1.22. The Kier molecular flexibility index (Phi) is 5.49. The zero-order chi connectivity index (χ0) is 22.0. The van der Waals surface area contributed by atoms with E-state index >= 15 is 0 Å². The van der Waals surface area contributed by atoms with E-state index in [0.29, 0.717) is 17.3 Å². The molecule has 0 unspecified atom stereocenters. The number of aromatic nitrogens is 3. The van der Waals surface area contributed by atoms with Gasteiger partial charge in [0.05, 0.1) is 16.9 Å². The van der Waals surface area contributed by atoms with Crippen LogP contribution in [0.2, 0.25) is 0 Å². The fourth-order valence-electron chi connectivity index (χ4n) is 3.36. The number of halogens is 1. The van der Waals surface area contributed by atoms with Crippen molar-refractivity contribution in [3.05, 3.63) is 89.4 Å². The van der Waals surface area contributed by atoms with E-state index in [1.807, 2.05) is 37.3 Å². The minimum Gasteiger partial charge on any atom is -0.478 e. The number of aromatic carboxylic acids is 1. The van der Waals surface area contributed by atoms with E-state index in [1.165, 1.54) is 17.7 Å². The number of nitrogens with one attached hydrogen (secondary N) is 1. The lowest BCUT2D eigenvalue weighted by Crippen LogP contribution is -2.09. The molecule has 31 heavy (non-hydrogen) atoms. The summed E-state index contributed by atoms with van der Waals surface area (Å²) in [6.07, 6.45) is 2.57. The van der Waals surface area contributed by atoms with E-state index < -0.39 is 11.8 Å². The molecule has 0 atom stereocenters. The van der Waals surface area contributed by atoms with Crippen LogP contribution in [0.3, 0.4) is 0 Å². The quantitative estimate of drug-likeness (QED) is 0.441. The molecule has 7 heteroatoms. The second-order valence-electron chi connectivity index (χ2n) is 7.14. The first kappa shape index (κ1) is 20.3. The summed E-state index contributed by atoms with van der Waals surface area (Å²) in [5.41, 5.74) is 3.83. The summed E-state index contributed by atoms with van der Waals surface area (Å²) in [6, 6.07) is 17.3. The first-order valence-corrected chi connectivity index (χ1v) is 9.87. The van der Waals surface area contributed by atoms with Crippen LogP contribution in [0.4, 0.5) is 15.9 Å². The Morgan fingerprint density at radius 2 is 1.97 bits per heavy atom. The maximum absolute atomic E-state index is 13.6. The van der Waals surface area contributed by atoms with Crippen molar-refractivity contribution in [2.45, 2.75) is 20.3 Å². The molecule has 156 valence electrons. The zero-order valence-electron chi connectivity index (χ0n) is 17.1. The lowest BCUT2D eigenvalue weighted by Gasteiger charge is -2.12. The van der Waals surface area contributed by atoms with Crippen LogP contribution in [0.15, 0.2) is 66.9 Å². The van der Waals surface area contributed by atoms with Gasteiger partial charge in [0, 0.05) is 17.8 Å². The van der Waals surface area contributed by atoms with E-state index in [0.717, 1.165) is 23.6 Å². The van der Waals surface area contributed by atoms with Gasteiger partial charge in [-0.05, 0) is 54.8 Å². The minimum absolute atomic E-state index is 0.167. The molecule has 0 radical (unpaired) electrons. The second kappa shape index (κ2) is 8.39. The number of carboxylic acid groups (broad SMARTS) is 1. The van der Waals surface area contributed by atoms with E-state index in [9.17, 15) is 14.3 Å². The van der Waals surface area contributed by atoms with Crippen LogP contribution in [0.25, 0.3) is 17.1 Å². The number of benzene rings is 2. The maximum atomic E-state index is 13.6. The van der Waals surface area contributed by atoms with Crippen molar-refractivity contribution in [2.75, 3.05) is 5.32 Å². The smallest absolute Gasteiger partial charge is 0.337 e. The predicted molar refractivity (Wildman–Crippen MR) is 118 cm³/mol. The van der Waals surface area contributed by atoms with Crippen LogP contribution >= 0.6 is 0 Å². The van der Waals surface area contributed by atoms with Crippen molar-refractivity contribution in [1.29, 1.82) is 0 Å². The average molecular weight is 416 g/mol. The van der Waals surface area contributed by atoms with Gasteiger partial charge < -0.3 is 10.4 Å². The second-order valence-corrected chi connectivity index (χ2v) is 7.14. The predicted octanol–water partition coefficient (Wildman–Crippen LogP) is 5.39. The topological polar surface area (TPSA) is 80.0 Å². The molecular weight excluding hydrogens is 395 g/mol. The molecule has 6 nitrogen and oxygen atoms in total. The number of rotatable bonds is 6. The molecule has 2 N–H and O–H groups in total. The Morgan fingerprint density at radius 3 is 2.71 bits per heavy atom. The Hall–Kier alpha value is -4.00. The van der Waals surface area contributed by atoms with Gasteiger partial charge in [0.25, 0.3) is 0 Å². The van der Waals surface area contributed by atoms with Crippen molar-refractivity contribution < 1.29 is 14.3 Å². The number of hydrogen-bond donors (Lipinski definition) is 2. The molecule has 2 aromatic heterocycles. The van der Waals surface area contributed by atoms with Gasteiger partial charge >= 0.3 is 5.97 Å². The van der Waals surface area contributed by atoms with Gasteiger partial charge in [0.2, 0.25) is 0 Å². The van der Waals surface area contributed by atoms with E-state index in [-0.39, 0.29) is 11.3 Å². The molecule has 0 aliphatic carbocycles. The van der Waals surface area contributed by atoms with Crippen LogP contribution in [0.5, 0.6) is 0 Å². The Morgan fingerprint density at radius 1 is 1.13 bits per heavy atom. The van der Waals surface area contributed by atoms with Crippen molar-refractivity contribution in [3.8, 4) is 17.1 Å². The lowest BCUT2D eigenvalue weighted by atomic mass is 10.1. The fourth-order valence-corrected chi connectivity index (χ4v) is 3.36. The number of carbonyl (C=O) groups is 1. The van der Waals surface area contributed by atoms with Crippen molar-refractivity contribution in [3.63, 3.8) is 0 Å². The molecular formula is C24H21FN4O2. The summed E-state index contributed by atoms with van der Waals surface area (Å²) < 4.78 is 15.3. The SMILES string of the molecule is CCc1cccc(-c2cc(Nc3ccc(F)cc3C(=O)O)n(-c3ncccc3C)n2)c1. The van der Waals surface area contributed by atoms with Crippen LogP contribution in [-0.4, -0.2) is 25.8 Å². The molecule has 0 spiro atoms. The normalized spacial score (nSPS) is 10.8. The summed E-state index contributed by atoms with van der Waals surface area (Å²) in [5, 5.41) is 17.4. The Balaban J connectivity index is 1.86. The molecule has 0 saturated carbocycles. The molecule has 4 rings (SSSR count). The molecule has 0 fully saturated rings. The fraction of sp³-hybridized carbons (Fsp3) is 0.125. The molecule has 0 saturated heterocycles. The molecule has 0 aliphatic heterocycles. The molecule has 2 aromatic carbocycles. The van der Waals surface area contributed by atoms with Crippen molar-refractivity contribution >= 4 is 17.5 Å². The summed E-state index contributed by atoms with van der Waals surface area (Å²) >= 11 is 0. The first-order chi connectivity index (χ1) is 15.0. The van der Waals surface area contributed by atoms with Gasteiger partial charge in [-0.3, -0.25) is 0 Å². The van der Waals surface area contributed by atoms with Gasteiger partial charge in [0.15, 0.2) is 5.82 Å². The highest BCUT2D eigenvalue weighted by atomic mass is 19.1. The molecule has 2 heterocycles. The van der Waals surface area contributed by atoms with Crippen LogP contribution < -0.4 is 5.32 Å². The number of nitrogens with zero attached hydrogens (tertiary/aromatic N) is 3. The summed E-state index contributed by atoms with van der Waals surface area (Å²) in [4.78, 5) is 16.1. The maximum Gasteiger partial charge on any atom is 0.337 e. The highest BCUT2D eigenvalue weighted by Crippen LogP contribution is 2.29. The Bertz CT molecular complexity index is 1270. The summed E-state index contributed by atoms with van der Waals surface area (Å²) in [6.45, 7) is 4.01. The highest BCUT2D eigenvalue weighted by Gasteiger charge is 2.17. The average Bonchev–Trinajstić information content (AvgIpc) is 3.19. The number of anilines is 2. The van der Waals surface area contributed by atoms with Crippen LogP contribution in [0, 0.1) is 12.7 Å². The highest BCUT2D eigenvalue weighted by molar-refractivity contribution is 5.95. The third kappa shape index (κ3) is 4.16. The largest absolute Gasteiger partial charge is 0.478 e. The standard InChI is InChI=1S/C24H21FN4O2/c1-3-16-7-4-8-17(12-16)21-14-22(29(28-21)23-15(2)6-5-11-26-23)27-20-10-9-18(25)13-19(20)24(30)31/h4-14,27H,3H2,1-2H3,(H,30,31). The third-order valence-electron chi connectivity index (χ3n) is 5.00. The number of carboxylic acids is 1. The lowest BCUT2D eigenvalue weighted by molar-refractivity contribution is 0.0697. The molecule has 4 aromatic rings. The summed E-state index contributed by atoms with van der Waals surface area (Å²) in [5.74, 6) is -0.707. The Labute approximate surface area is 179 Å². The van der Waals surface area contributed by atoms with Gasteiger partial charge in [-0.2, -0.15) is 9.78 Å². The number of hydrogen-bond acceptors (Lipinski definition) is 4. The molecule has 0 aliphatic rings. The van der Waals surface area contributed by atoms with Crippen LogP contribution in [-0.2, 0) is 6.42 Å². The summed E-state index contributed by atoms with van der Waals surface area (Å²) in [7, 11) is 0. The van der Waals surface area contributed by atoms with Gasteiger partial charge in [0.1, 0.15) is 11.6 Å². The van der Waals surface area contributed by atoms with Crippen LogP contribution in [0.1, 0.15) is 28.4 Å². The molecule has 0 bridgehead atoms. The zero-order valence-corrected chi connectivity index (χ0v) is 17.1. The van der Waals surface area contributed by atoms with E-state index in [1.54, 1.807) is 10.9 Å².